The molecular formula is C35H25N3. The molecule has 2 aromatic heterocycles. The maximum absolute atomic E-state index is 5.32. The fraction of sp³-hybridized carbons (Fsp3) is 0.0857. The van der Waals surface area contributed by atoms with Gasteiger partial charge in [-0.3, -0.25) is 4.57 Å². The highest BCUT2D eigenvalue weighted by molar-refractivity contribution is 6.09. The Kier molecular flexibility index (Phi) is 4.28. The monoisotopic (exact) mass is 487 g/mol. The van der Waals surface area contributed by atoms with E-state index in [9.17, 15) is 0 Å². The first-order valence-corrected chi connectivity index (χ1v) is 13.1. The maximum Gasteiger partial charge on any atom is 0.162 e. The molecule has 2 heterocycles. The molecule has 0 fully saturated rings. The molecule has 7 aromatic rings. The number of aromatic nitrogens is 3. The van der Waals surface area contributed by atoms with Gasteiger partial charge in [0.2, 0.25) is 0 Å². The zero-order valence-corrected chi connectivity index (χ0v) is 21.3. The van der Waals surface area contributed by atoms with Crippen molar-refractivity contribution < 1.29 is 0 Å². The summed E-state index contributed by atoms with van der Waals surface area (Å²) in [6.45, 7) is 4.69. The summed E-state index contributed by atoms with van der Waals surface area (Å²) in [7, 11) is 0. The van der Waals surface area contributed by atoms with Gasteiger partial charge in [0.25, 0.3) is 0 Å². The Bertz CT molecular complexity index is 2050. The molecule has 5 aromatic carbocycles. The van der Waals surface area contributed by atoms with Crippen LogP contribution in [0.4, 0.5) is 0 Å². The summed E-state index contributed by atoms with van der Waals surface area (Å²) in [5, 5.41) is 4.64. The van der Waals surface area contributed by atoms with Crippen molar-refractivity contribution in [2.75, 3.05) is 0 Å². The average molecular weight is 488 g/mol. The van der Waals surface area contributed by atoms with Gasteiger partial charge in [0.05, 0.1) is 16.7 Å². The Hall–Kier alpha value is -4.76. The van der Waals surface area contributed by atoms with Crippen LogP contribution in [0.25, 0.3) is 61.0 Å². The molecule has 0 atom stereocenters. The SMILES string of the molecule is CC1(C)c2ccccc2-c2c1c1ccccc1n2-c1nc(-c2ccccc2)nc2c1ccc1ccccc12. The van der Waals surface area contributed by atoms with Gasteiger partial charge in [0.1, 0.15) is 5.82 Å². The van der Waals surface area contributed by atoms with E-state index >= 15 is 0 Å². The van der Waals surface area contributed by atoms with Gasteiger partial charge >= 0.3 is 0 Å². The van der Waals surface area contributed by atoms with Crippen LogP contribution in [-0.4, -0.2) is 14.5 Å². The third-order valence-electron chi connectivity index (χ3n) is 8.17. The molecule has 0 spiro atoms. The minimum atomic E-state index is -0.116. The summed E-state index contributed by atoms with van der Waals surface area (Å²) in [4.78, 5) is 10.5. The standard InChI is InChI=1S/C35H25N3/c1-35(2)28-18-10-8-16-25(28)32-30(35)26-17-9-11-19-29(26)38(32)34-27-21-20-22-12-6-7-15-24(22)31(27)36-33(37-34)23-13-4-3-5-14-23/h3-21H,1-2H3. The van der Waals surface area contributed by atoms with Crippen molar-refractivity contribution in [2.45, 2.75) is 19.3 Å². The van der Waals surface area contributed by atoms with Crippen LogP contribution in [0.1, 0.15) is 25.0 Å². The summed E-state index contributed by atoms with van der Waals surface area (Å²) >= 11 is 0. The van der Waals surface area contributed by atoms with Crippen molar-refractivity contribution in [3.05, 3.63) is 126 Å². The van der Waals surface area contributed by atoms with E-state index < -0.39 is 0 Å². The van der Waals surface area contributed by atoms with Crippen LogP contribution < -0.4 is 0 Å². The predicted molar refractivity (Wildman–Crippen MR) is 157 cm³/mol. The second-order valence-electron chi connectivity index (χ2n) is 10.7. The van der Waals surface area contributed by atoms with Gasteiger partial charge in [-0.15, -0.1) is 0 Å². The molecule has 0 radical (unpaired) electrons. The van der Waals surface area contributed by atoms with E-state index in [1.807, 2.05) is 18.2 Å². The molecule has 8 rings (SSSR count). The van der Waals surface area contributed by atoms with Gasteiger partial charge in [-0.1, -0.05) is 117 Å². The van der Waals surface area contributed by atoms with Crippen molar-refractivity contribution in [2.24, 2.45) is 0 Å². The Morgan fingerprint density at radius 1 is 0.605 bits per heavy atom. The number of hydrogen-bond acceptors (Lipinski definition) is 2. The third kappa shape index (κ3) is 2.79. The first-order valence-electron chi connectivity index (χ1n) is 13.1. The summed E-state index contributed by atoms with van der Waals surface area (Å²) in [5.41, 5.74) is 8.28. The molecule has 0 aliphatic heterocycles. The fourth-order valence-corrected chi connectivity index (χ4v) is 6.45. The van der Waals surface area contributed by atoms with E-state index in [0.29, 0.717) is 0 Å². The van der Waals surface area contributed by atoms with Gasteiger partial charge in [-0.05, 0) is 28.6 Å². The maximum atomic E-state index is 5.32. The first kappa shape index (κ1) is 21.3. The normalized spacial score (nSPS) is 13.7. The smallest absolute Gasteiger partial charge is 0.162 e. The van der Waals surface area contributed by atoms with Crippen molar-refractivity contribution in [3.8, 4) is 28.5 Å². The summed E-state index contributed by atoms with van der Waals surface area (Å²) in [6, 6.07) is 40.8. The first-order chi connectivity index (χ1) is 18.6. The van der Waals surface area contributed by atoms with E-state index in [2.05, 4.69) is 115 Å². The van der Waals surface area contributed by atoms with Gasteiger partial charge in [-0.25, -0.2) is 9.97 Å². The highest BCUT2D eigenvalue weighted by Crippen LogP contribution is 2.53. The van der Waals surface area contributed by atoms with Crippen LogP contribution >= 0.6 is 0 Å². The van der Waals surface area contributed by atoms with Gasteiger partial charge in [-0.2, -0.15) is 0 Å². The predicted octanol–water partition coefficient (Wildman–Crippen LogP) is 8.70. The molecule has 3 heteroatoms. The summed E-state index contributed by atoms with van der Waals surface area (Å²) in [6.07, 6.45) is 0. The number of fused-ring (bicyclic) bond motifs is 8. The Balaban J connectivity index is 1.58. The lowest BCUT2D eigenvalue weighted by molar-refractivity contribution is 0.666. The lowest BCUT2D eigenvalue weighted by Gasteiger charge is -2.21. The molecule has 38 heavy (non-hydrogen) atoms. The van der Waals surface area contributed by atoms with Crippen LogP contribution in [0.5, 0.6) is 0 Å². The van der Waals surface area contributed by atoms with Gasteiger partial charge < -0.3 is 0 Å². The highest BCUT2D eigenvalue weighted by atomic mass is 15.1. The van der Waals surface area contributed by atoms with Crippen LogP contribution in [0.2, 0.25) is 0 Å². The van der Waals surface area contributed by atoms with Gasteiger partial charge in [0, 0.05) is 32.7 Å². The van der Waals surface area contributed by atoms with Gasteiger partial charge in [0.15, 0.2) is 5.82 Å². The minimum Gasteiger partial charge on any atom is -0.293 e. The summed E-state index contributed by atoms with van der Waals surface area (Å²) in [5.74, 6) is 1.66. The highest BCUT2D eigenvalue weighted by Gasteiger charge is 2.40. The Morgan fingerprint density at radius 3 is 2.18 bits per heavy atom. The molecule has 180 valence electrons. The quantitative estimate of drug-likeness (QED) is 0.228. The Labute approximate surface area is 221 Å². The lowest BCUT2D eigenvalue weighted by atomic mass is 9.81. The second-order valence-corrected chi connectivity index (χ2v) is 10.7. The molecule has 0 saturated carbocycles. The molecular weight excluding hydrogens is 462 g/mol. The van der Waals surface area contributed by atoms with Crippen molar-refractivity contribution in [1.29, 1.82) is 0 Å². The van der Waals surface area contributed by atoms with Crippen LogP contribution in [0.3, 0.4) is 0 Å². The van der Waals surface area contributed by atoms with E-state index in [-0.39, 0.29) is 5.41 Å². The molecule has 3 nitrogen and oxygen atoms in total. The van der Waals surface area contributed by atoms with E-state index in [0.717, 1.165) is 33.5 Å². The van der Waals surface area contributed by atoms with Crippen LogP contribution in [-0.2, 0) is 5.41 Å². The molecule has 1 aliphatic carbocycles. The topological polar surface area (TPSA) is 30.7 Å². The largest absolute Gasteiger partial charge is 0.293 e. The zero-order valence-electron chi connectivity index (χ0n) is 21.3. The molecule has 0 bridgehead atoms. The number of nitrogens with zero attached hydrogens (tertiary/aromatic N) is 3. The van der Waals surface area contributed by atoms with Crippen LogP contribution in [0.15, 0.2) is 115 Å². The second kappa shape index (κ2) is 7.62. The molecule has 0 amide bonds. The molecule has 0 unspecified atom stereocenters. The van der Waals surface area contributed by atoms with Crippen LogP contribution in [0, 0.1) is 0 Å². The average Bonchev–Trinajstić information content (AvgIpc) is 3.43. The molecule has 0 saturated heterocycles. The van der Waals surface area contributed by atoms with E-state index in [4.69, 9.17) is 9.97 Å². The number of benzene rings is 5. The fourth-order valence-electron chi connectivity index (χ4n) is 6.45. The zero-order chi connectivity index (χ0) is 25.4. The van der Waals surface area contributed by atoms with E-state index in [1.54, 1.807) is 0 Å². The molecule has 0 N–H and O–H groups in total. The summed E-state index contributed by atoms with van der Waals surface area (Å²) < 4.78 is 2.39. The van der Waals surface area contributed by atoms with Crippen molar-refractivity contribution >= 4 is 32.6 Å². The minimum absolute atomic E-state index is 0.116. The van der Waals surface area contributed by atoms with Crippen molar-refractivity contribution in [3.63, 3.8) is 0 Å². The Morgan fingerprint density at radius 2 is 1.32 bits per heavy atom. The lowest BCUT2D eigenvalue weighted by Crippen LogP contribution is -2.14. The number of para-hydroxylation sites is 1. The third-order valence-corrected chi connectivity index (χ3v) is 8.17. The van der Waals surface area contributed by atoms with Crippen molar-refractivity contribution in [1.82, 2.24) is 14.5 Å². The molecule has 1 aliphatic rings. The number of hydrogen-bond donors (Lipinski definition) is 0. The number of rotatable bonds is 2. The van der Waals surface area contributed by atoms with E-state index in [1.165, 1.54) is 38.7 Å².